The molecule has 72 valence electrons. The summed E-state index contributed by atoms with van der Waals surface area (Å²) in [7, 11) is 0. The average Bonchev–Trinajstić information content (AvgIpc) is 2.10. The highest BCUT2D eigenvalue weighted by atomic mass is 35.5. The summed E-state index contributed by atoms with van der Waals surface area (Å²) in [6, 6.07) is 6.16. The minimum atomic E-state index is 0.146. The predicted octanol–water partition coefficient (Wildman–Crippen LogP) is 2.56. The number of nitrogens with two attached hydrogens (primary N) is 1. The number of halogens is 1. The number of aryl methyl sites for hydroxylation is 1. The molecule has 0 fully saturated rings. The second kappa shape index (κ2) is 4.61. The molecule has 1 unspecified atom stereocenters. The van der Waals surface area contributed by atoms with Crippen LogP contribution in [0.4, 0.5) is 0 Å². The summed E-state index contributed by atoms with van der Waals surface area (Å²) in [5.41, 5.74) is 4.98. The van der Waals surface area contributed by atoms with Crippen LogP contribution in [0, 0.1) is 6.92 Å². The molecule has 0 aromatic heterocycles. The Morgan fingerprint density at radius 1 is 1.54 bits per heavy atom. The summed E-state index contributed by atoms with van der Waals surface area (Å²) in [6.45, 7) is 4.09. The monoisotopic (exact) mass is 198 g/mol. The van der Waals surface area contributed by atoms with Crippen molar-refractivity contribution in [2.45, 2.75) is 26.3 Å². The third kappa shape index (κ3) is 2.44. The standard InChI is InChI=1S/C10H15ClN2/c1-3-10(13-12)8-5-4-7(2)6-9(8)11/h4-6,10,13H,3,12H2,1-2H3. The molecule has 0 aliphatic heterocycles. The van der Waals surface area contributed by atoms with Gasteiger partial charge < -0.3 is 0 Å². The van der Waals surface area contributed by atoms with Crippen LogP contribution in [0.5, 0.6) is 0 Å². The van der Waals surface area contributed by atoms with Crippen LogP contribution in [0.25, 0.3) is 0 Å². The lowest BCUT2D eigenvalue weighted by atomic mass is 10.0. The van der Waals surface area contributed by atoms with Crippen molar-refractivity contribution in [2.75, 3.05) is 0 Å². The molecule has 0 amide bonds. The molecular formula is C10H15ClN2. The lowest BCUT2D eigenvalue weighted by Crippen LogP contribution is -2.27. The van der Waals surface area contributed by atoms with Gasteiger partial charge >= 0.3 is 0 Å². The second-order valence-electron chi connectivity index (χ2n) is 3.15. The number of hydrogen-bond donors (Lipinski definition) is 2. The largest absolute Gasteiger partial charge is 0.271 e. The Hall–Kier alpha value is -0.570. The third-order valence-corrected chi connectivity index (χ3v) is 2.47. The van der Waals surface area contributed by atoms with Crippen LogP contribution in [-0.2, 0) is 0 Å². The Morgan fingerprint density at radius 3 is 2.69 bits per heavy atom. The van der Waals surface area contributed by atoms with Crippen molar-refractivity contribution in [1.82, 2.24) is 5.43 Å². The highest BCUT2D eigenvalue weighted by Crippen LogP contribution is 2.25. The Labute approximate surface area is 84.1 Å². The quantitative estimate of drug-likeness (QED) is 0.579. The van der Waals surface area contributed by atoms with Crippen LogP contribution < -0.4 is 11.3 Å². The van der Waals surface area contributed by atoms with E-state index in [-0.39, 0.29) is 6.04 Å². The van der Waals surface area contributed by atoms with Gasteiger partial charge in [0.2, 0.25) is 0 Å². The van der Waals surface area contributed by atoms with Crippen molar-refractivity contribution >= 4 is 11.6 Å². The number of rotatable bonds is 3. The Balaban J connectivity index is 2.99. The molecule has 1 atom stereocenters. The van der Waals surface area contributed by atoms with Gasteiger partial charge in [-0.3, -0.25) is 11.3 Å². The van der Waals surface area contributed by atoms with Crippen LogP contribution in [-0.4, -0.2) is 0 Å². The maximum absolute atomic E-state index is 6.09. The van der Waals surface area contributed by atoms with Gasteiger partial charge in [-0.2, -0.15) is 0 Å². The van der Waals surface area contributed by atoms with E-state index in [9.17, 15) is 0 Å². The number of hydrazine groups is 1. The molecule has 0 heterocycles. The van der Waals surface area contributed by atoms with E-state index in [2.05, 4.69) is 12.3 Å². The Bertz CT molecular complexity index is 282. The molecule has 3 N–H and O–H groups in total. The van der Waals surface area contributed by atoms with Crippen molar-refractivity contribution < 1.29 is 0 Å². The van der Waals surface area contributed by atoms with Crippen molar-refractivity contribution in [3.05, 3.63) is 34.3 Å². The van der Waals surface area contributed by atoms with Crippen molar-refractivity contribution in [2.24, 2.45) is 5.84 Å². The molecule has 0 radical (unpaired) electrons. The van der Waals surface area contributed by atoms with Crippen molar-refractivity contribution in [1.29, 1.82) is 0 Å². The average molecular weight is 199 g/mol. The minimum absolute atomic E-state index is 0.146. The zero-order valence-corrected chi connectivity index (χ0v) is 8.73. The topological polar surface area (TPSA) is 38.0 Å². The first-order valence-electron chi connectivity index (χ1n) is 4.41. The summed E-state index contributed by atoms with van der Waals surface area (Å²) in [6.07, 6.45) is 0.930. The molecule has 0 saturated heterocycles. The van der Waals surface area contributed by atoms with E-state index in [1.54, 1.807) is 0 Å². The summed E-state index contributed by atoms with van der Waals surface area (Å²) in [4.78, 5) is 0. The maximum atomic E-state index is 6.09. The van der Waals surface area contributed by atoms with E-state index in [1.165, 1.54) is 5.56 Å². The fourth-order valence-corrected chi connectivity index (χ4v) is 1.71. The van der Waals surface area contributed by atoms with Gasteiger partial charge in [-0.15, -0.1) is 0 Å². The van der Waals surface area contributed by atoms with Crippen LogP contribution in [0.1, 0.15) is 30.5 Å². The van der Waals surface area contributed by atoms with E-state index in [0.29, 0.717) is 0 Å². The van der Waals surface area contributed by atoms with Crippen molar-refractivity contribution in [3.63, 3.8) is 0 Å². The normalized spacial score (nSPS) is 12.9. The van der Waals surface area contributed by atoms with Crippen LogP contribution >= 0.6 is 11.6 Å². The molecule has 0 spiro atoms. The molecule has 0 saturated carbocycles. The first-order valence-corrected chi connectivity index (χ1v) is 4.79. The number of benzene rings is 1. The molecule has 0 aliphatic carbocycles. The van der Waals surface area contributed by atoms with Gasteiger partial charge in [0.1, 0.15) is 0 Å². The van der Waals surface area contributed by atoms with Gasteiger partial charge in [0.15, 0.2) is 0 Å². The lowest BCUT2D eigenvalue weighted by molar-refractivity contribution is 0.539. The SMILES string of the molecule is CCC(NN)c1ccc(C)cc1Cl. The van der Waals surface area contributed by atoms with E-state index in [1.807, 2.05) is 25.1 Å². The van der Waals surface area contributed by atoms with Crippen molar-refractivity contribution in [3.8, 4) is 0 Å². The molecule has 1 aromatic carbocycles. The third-order valence-electron chi connectivity index (χ3n) is 2.14. The fourth-order valence-electron chi connectivity index (χ4n) is 1.34. The van der Waals surface area contributed by atoms with Gasteiger partial charge in [0.25, 0.3) is 0 Å². The summed E-state index contributed by atoms with van der Waals surface area (Å²) in [5.74, 6) is 5.41. The van der Waals surface area contributed by atoms with E-state index in [4.69, 9.17) is 17.4 Å². The molecule has 0 aliphatic rings. The highest BCUT2D eigenvalue weighted by molar-refractivity contribution is 6.31. The summed E-state index contributed by atoms with van der Waals surface area (Å²) in [5, 5.41) is 0.782. The molecule has 2 nitrogen and oxygen atoms in total. The first kappa shape index (κ1) is 10.5. The van der Waals surface area contributed by atoms with Gasteiger partial charge in [-0.05, 0) is 30.5 Å². The van der Waals surface area contributed by atoms with Crippen LogP contribution in [0.2, 0.25) is 5.02 Å². The molecule has 0 bridgehead atoms. The number of nitrogens with one attached hydrogen (secondary N) is 1. The van der Waals surface area contributed by atoms with Crippen LogP contribution in [0.3, 0.4) is 0 Å². The molecule has 1 rings (SSSR count). The minimum Gasteiger partial charge on any atom is -0.271 e. The Morgan fingerprint density at radius 2 is 2.23 bits per heavy atom. The van der Waals surface area contributed by atoms with E-state index < -0.39 is 0 Å². The molecule has 13 heavy (non-hydrogen) atoms. The van der Waals surface area contributed by atoms with E-state index >= 15 is 0 Å². The zero-order valence-electron chi connectivity index (χ0n) is 7.97. The summed E-state index contributed by atoms with van der Waals surface area (Å²) >= 11 is 6.09. The predicted molar refractivity (Wildman–Crippen MR) is 56.5 cm³/mol. The van der Waals surface area contributed by atoms with Gasteiger partial charge in [-0.1, -0.05) is 30.7 Å². The number of hydrogen-bond acceptors (Lipinski definition) is 2. The van der Waals surface area contributed by atoms with Gasteiger partial charge in [-0.25, -0.2) is 0 Å². The lowest BCUT2D eigenvalue weighted by Gasteiger charge is -2.15. The molecule has 3 heteroatoms. The smallest absolute Gasteiger partial charge is 0.0472 e. The van der Waals surface area contributed by atoms with Crippen LogP contribution in [0.15, 0.2) is 18.2 Å². The van der Waals surface area contributed by atoms with Gasteiger partial charge in [0.05, 0.1) is 0 Å². The summed E-state index contributed by atoms with van der Waals surface area (Å²) < 4.78 is 0. The molecule has 1 aromatic rings. The Kier molecular flexibility index (Phi) is 3.72. The highest BCUT2D eigenvalue weighted by Gasteiger charge is 2.10. The zero-order chi connectivity index (χ0) is 9.84. The fraction of sp³-hybridized carbons (Fsp3) is 0.400. The first-order chi connectivity index (χ1) is 6.19. The second-order valence-corrected chi connectivity index (χ2v) is 3.56. The maximum Gasteiger partial charge on any atom is 0.0472 e. The van der Waals surface area contributed by atoms with Gasteiger partial charge in [0, 0.05) is 11.1 Å². The molecular weight excluding hydrogens is 184 g/mol. The van der Waals surface area contributed by atoms with E-state index in [0.717, 1.165) is 17.0 Å².